The summed E-state index contributed by atoms with van der Waals surface area (Å²) < 4.78 is 40.5. The molecule has 0 saturated carbocycles. The molecule has 1 unspecified atom stereocenters. The molecule has 39 heavy (non-hydrogen) atoms. The smallest absolute Gasteiger partial charge is 0.203 e. The number of aldehydes is 1. The minimum absolute atomic E-state index is 0.394. The maximum absolute atomic E-state index is 12.6. The van der Waals surface area contributed by atoms with Gasteiger partial charge in [-0.15, -0.1) is 0 Å². The Bertz CT molecular complexity index is 1150. The average molecular weight is 542 g/mol. The largest absolute Gasteiger partial charge is 0.496 e. The molecule has 2 aromatic carbocycles. The Morgan fingerprint density at radius 2 is 1.54 bits per heavy atom. The number of allylic oxidation sites excluding steroid dienone is 1. The van der Waals surface area contributed by atoms with Gasteiger partial charge in [0.25, 0.3) is 0 Å². The Hall–Kier alpha value is -3.59. The van der Waals surface area contributed by atoms with Crippen LogP contribution in [0, 0.1) is 0 Å². The third kappa shape index (κ3) is 6.19. The quantitative estimate of drug-likeness (QED) is 0.255. The summed E-state index contributed by atoms with van der Waals surface area (Å²) in [4.78, 5) is 15.2. The van der Waals surface area contributed by atoms with Crippen molar-refractivity contribution in [2.24, 2.45) is 0 Å². The molecule has 0 aromatic heterocycles. The van der Waals surface area contributed by atoms with Crippen LogP contribution in [0.2, 0.25) is 0 Å². The lowest BCUT2D eigenvalue weighted by Gasteiger charge is -2.30. The molecule has 0 spiro atoms. The van der Waals surface area contributed by atoms with Crippen molar-refractivity contribution in [1.82, 2.24) is 4.90 Å². The van der Waals surface area contributed by atoms with E-state index in [0.717, 1.165) is 25.7 Å². The number of carbonyl (C=O) groups is 1. The summed E-state index contributed by atoms with van der Waals surface area (Å²) in [6.07, 6.45) is 6.58. The van der Waals surface area contributed by atoms with Crippen molar-refractivity contribution >= 4 is 12.0 Å². The van der Waals surface area contributed by atoms with Crippen LogP contribution in [-0.4, -0.2) is 73.0 Å². The minimum Gasteiger partial charge on any atom is -0.496 e. The molecule has 1 saturated heterocycles. The fourth-order valence-corrected chi connectivity index (χ4v) is 5.19. The summed E-state index contributed by atoms with van der Waals surface area (Å²) in [7, 11) is 7.77. The van der Waals surface area contributed by atoms with Gasteiger partial charge in [-0.2, -0.15) is 0 Å². The van der Waals surface area contributed by atoms with E-state index in [1.54, 1.807) is 59.8 Å². The zero-order chi connectivity index (χ0) is 27.8. The Morgan fingerprint density at radius 1 is 0.846 bits per heavy atom. The van der Waals surface area contributed by atoms with Crippen molar-refractivity contribution in [3.8, 4) is 34.5 Å². The first-order chi connectivity index (χ1) is 19.1. The van der Waals surface area contributed by atoms with Gasteiger partial charge in [-0.25, -0.2) is 0 Å². The summed E-state index contributed by atoms with van der Waals surface area (Å²) in [6.45, 7) is 3.82. The molecule has 4 rings (SSSR count). The van der Waals surface area contributed by atoms with Crippen LogP contribution in [0.4, 0.5) is 0 Å². The highest BCUT2D eigenvalue weighted by Crippen LogP contribution is 2.49. The van der Waals surface area contributed by atoms with Crippen molar-refractivity contribution in [2.75, 3.05) is 61.8 Å². The molecule has 1 fully saturated rings. The predicted molar refractivity (Wildman–Crippen MR) is 147 cm³/mol. The van der Waals surface area contributed by atoms with Gasteiger partial charge in [0.15, 0.2) is 23.0 Å². The molecule has 1 atom stereocenters. The monoisotopic (exact) mass is 541 g/mol. The molecule has 9 nitrogen and oxygen atoms in total. The van der Waals surface area contributed by atoms with Crippen LogP contribution in [0.5, 0.6) is 34.5 Å². The van der Waals surface area contributed by atoms with Crippen LogP contribution in [-0.2, 0) is 9.53 Å². The normalized spacial score (nSPS) is 17.1. The van der Waals surface area contributed by atoms with Gasteiger partial charge in [-0.3, -0.25) is 0 Å². The number of methoxy groups -OCH3 is 5. The molecule has 0 amide bonds. The highest BCUT2D eigenvalue weighted by Gasteiger charge is 2.36. The number of fused-ring (bicyclic) bond motifs is 1. The Labute approximate surface area is 230 Å². The van der Waals surface area contributed by atoms with E-state index in [1.165, 1.54) is 32.4 Å². The van der Waals surface area contributed by atoms with Crippen molar-refractivity contribution in [1.29, 1.82) is 0 Å². The zero-order valence-electron chi connectivity index (χ0n) is 23.5. The first-order valence-corrected chi connectivity index (χ1v) is 13.4. The van der Waals surface area contributed by atoms with Crippen LogP contribution in [0.25, 0.3) is 5.76 Å². The zero-order valence-corrected chi connectivity index (χ0v) is 23.5. The molecule has 0 bridgehead atoms. The molecule has 0 N–H and O–H groups in total. The highest BCUT2D eigenvalue weighted by molar-refractivity contribution is 5.82. The number of likely N-dealkylation sites (tertiary alicyclic amines) is 1. The molecule has 2 aromatic rings. The number of benzene rings is 2. The molecule has 212 valence electrons. The van der Waals surface area contributed by atoms with Crippen LogP contribution >= 0.6 is 0 Å². The number of ether oxygens (including phenoxy) is 7. The van der Waals surface area contributed by atoms with Crippen LogP contribution < -0.4 is 28.4 Å². The fraction of sp³-hybridized carbons (Fsp3) is 0.500. The van der Waals surface area contributed by atoms with E-state index < -0.39 is 5.92 Å². The van der Waals surface area contributed by atoms with Gasteiger partial charge in [0.2, 0.25) is 5.75 Å². The van der Waals surface area contributed by atoms with Crippen molar-refractivity contribution in [3.05, 3.63) is 41.2 Å². The number of rotatable bonds is 13. The lowest BCUT2D eigenvalue weighted by atomic mass is 9.91. The lowest BCUT2D eigenvalue weighted by Crippen LogP contribution is -2.30. The molecule has 9 heteroatoms. The summed E-state index contributed by atoms with van der Waals surface area (Å²) in [6, 6.07) is 7.03. The maximum atomic E-state index is 12.6. The number of nitrogens with zero attached hydrogens (tertiary/aromatic N) is 1. The van der Waals surface area contributed by atoms with E-state index in [2.05, 4.69) is 4.90 Å². The number of piperidine rings is 1. The van der Waals surface area contributed by atoms with E-state index in [4.69, 9.17) is 33.2 Å². The van der Waals surface area contributed by atoms with E-state index >= 15 is 0 Å². The van der Waals surface area contributed by atoms with E-state index in [9.17, 15) is 4.79 Å². The molecule has 0 radical (unpaired) electrons. The number of carbonyl (C=O) groups excluding carboxylic acids is 1. The standard InChI is InChI=1S/C30H39NO8/c1-33-21-17-23(34-2)27-22(19-32)29(38-14-10-9-13-31-11-7-6-8-12-31)28(39-24(27)18-21)20-15-25(35-3)30(37-5)26(16-20)36-4/h15-19,22H,6-14H2,1-5H3. The maximum Gasteiger partial charge on any atom is 0.203 e. The van der Waals surface area contributed by atoms with Gasteiger partial charge in [0, 0.05) is 17.7 Å². The van der Waals surface area contributed by atoms with Gasteiger partial charge >= 0.3 is 0 Å². The number of hydrogen-bond donors (Lipinski definition) is 0. The molecular weight excluding hydrogens is 502 g/mol. The summed E-state index contributed by atoms with van der Waals surface area (Å²) >= 11 is 0. The van der Waals surface area contributed by atoms with Crippen LogP contribution in [0.3, 0.4) is 0 Å². The van der Waals surface area contributed by atoms with Gasteiger partial charge < -0.3 is 42.9 Å². The Morgan fingerprint density at radius 3 is 2.13 bits per heavy atom. The van der Waals surface area contributed by atoms with E-state index in [1.807, 2.05) is 0 Å². The topological polar surface area (TPSA) is 84.9 Å². The van der Waals surface area contributed by atoms with E-state index in [0.29, 0.717) is 63.7 Å². The molecule has 2 heterocycles. The summed E-state index contributed by atoms with van der Waals surface area (Å²) in [5, 5.41) is 0. The second kappa shape index (κ2) is 13.5. The Balaban J connectivity index is 1.71. The van der Waals surface area contributed by atoms with E-state index in [-0.39, 0.29) is 0 Å². The molecule has 2 aliphatic heterocycles. The first-order valence-electron chi connectivity index (χ1n) is 13.4. The lowest BCUT2D eigenvalue weighted by molar-refractivity contribution is -0.109. The molecule has 0 aliphatic carbocycles. The van der Waals surface area contributed by atoms with Gasteiger partial charge in [-0.05, 0) is 57.5 Å². The first kappa shape index (κ1) is 28.4. The van der Waals surface area contributed by atoms with Gasteiger partial charge in [-0.1, -0.05) is 6.42 Å². The SMILES string of the molecule is COc1cc(OC)c2c(c1)OC(c1cc(OC)c(OC)c(OC)c1)=C(OCCCCN1CCCCC1)C2C=O. The average Bonchev–Trinajstić information content (AvgIpc) is 2.99. The second-order valence-electron chi connectivity index (χ2n) is 9.52. The Kier molecular flexibility index (Phi) is 9.81. The van der Waals surface area contributed by atoms with Crippen LogP contribution in [0.15, 0.2) is 30.0 Å². The summed E-state index contributed by atoms with van der Waals surface area (Å²) in [5.74, 6) is 2.91. The third-order valence-corrected chi connectivity index (χ3v) is 7.20. The molecule has 2 aliphatic rings. The van der Waals surface area contributed by atoms with Crippen LogP contribution in [0.1, 0.15) is 49.1 Å². The minimum atomic E-state index is -0.745. The van der Waals surface area contributed by atoms with Gasteiger partial charge in [0.1, 0.15) is 29.5 Å². The van der Waals surface area contributed by atoms with Crippen molar-refractivity contribution < 1.29 is 38.0 Å². The van der Waals surface area contributed by atoms with Gasteiger partial charge in [0.05, 0.1) is 47.7 Å². The predicted octanol–water partition coefficient (Wildman–Crippen LogP) is 5.06. The van der Waals surface area contributed by atoms with Crippen molar-refractivity contribution in [2.45, 2.75) is 38.0 Å². The summed E-state index contributed by atoms with van der Waals surface area (Å²) in [5.41, 5.74) is 1.21. The number of hydrogen-bond acceptors (Lipinski definition) is 9. The fourth-order valence-electron chi connectivity index (χ4n) is 5.19. The molecular formula is C30H39NO8. The second-order valence-corrected chi connectivity index (χ2v) is 9.52. The number of unbranched alkanes of at least 4 members (excludes halogenated alkanes) is 1. The van der Waals surface area contributed by atoms with Crippen molar-refractivity contribution in [3.63, 3.8) is 0 Å². The highest BCUT2D eigenvalue weighted by atomic mass is 16.5. The third-order valence-electron chi connectivity index (χ3n) is 7.20.